The van der Waals surface area contributed by atoms with Crippen LogP contribution < -0.4 is 5.48 Å². The number of likely N-dealkylation sites (tertiary alicyclic amines) is 1. The van der Waals surface area contributed by atoms with Crippen LogP contribution in [0.25, 0.3) is 0 Å². The number of nitrogens with zero attached hydrogens (tertiary/aromatic N) is 1. The Morgan fingerprint density at radius 1 is 1.40 bits per heavy atom. The molecule has 0 radical (unpaired) electrons. The molecule has 1 aliphatic rings. The molecule has 1 aromatic rings. The average Bonchev–Trinajstić information content (AvgIpc) is 2.80. The van der Waals surface area contributed by atoms with Gasteiger partial charge in [-0.15, -0.1) is 0 Å². The van der Waals surface area contributed by atoms with Crippen LogP contribution in [0.3, 0.4) is 0 Å². The molecule has 2 amide bonds. The molecule has 5 nitrogen and oxygen atoms in total. The molecule has 5 heteroatoms. The van der Waals surface area contributed by atoms with Crippen molar-refractivity contribution in [2.45, 2.75) is 26.8 Å². The first-order valence-corrected chi connectivity index (χ1v) is 6.85. The van der Waals surface area contributed by atoms with E-state index in [4.69, 9.17) is 4.84 Å². The summed E-state index contributed by atoms with van der Waals surface area (Å²) in [7, 11) is 0. The zero-order valence-corrected chi connectivity index (χ0v) is 11.9. The Morgan fingerprint density at radius 3 is 2.75 bits per heavy atom. The monoisotopic (exact) mass is 276 g/mol. The minimum Gasteiger partial charge on any atom is -0.338 e. The van der Waals surface area contributed by atoms with Crippen molar-refractivity contribution in [1.82, 2.24) is 10.4 Å². The van der Waals surface area contributed by atoms with E-state index in [2.05, 4.69) is 5.48 Å². The molecular formula is C15H20N2O3. The molecule has 1 saturated heterocycles. The fourth-order valence-electron chi connectivity index (χ4n) is 2.24. The lowest BCUT2D eigenvalue weighted by molar-refractivity contribution is -0.137. The summed E-state index contributed by atoms with van der Waals surface area (Å²) >= 11 is 0. The van der Waals surface area contributed by atoms with Gasteiger partial charge in [-0.2, -0.15) is 0 Å². The standard InChI is InChI=1S/C15H20N2O3/c1-3-20-16-15(19)13-8-14(18)17(10-13)9-12-6-4-11(2)5-7-12/h4-7,13H,3,8-10H2,1-2H3,(H,16,19). The number of nitrogens with one attached hydrogen (secondary N) is 1. The lowest BCUT2D eigenvalue weighted by atomic mass is 10.1. The van der Waals surface area contributed by atoms with E-state index in [1.54, 1.807) is 11.8 Å². The first-order chi connectivity index (χ1) is 9.60. The maximum absolute atomic E-state index is 11.9. The Kier molecular flexibility index (Phi) is 4.74. The van der Waals surface area contributed by atoms with Crippen LogP contribution in [0.15, 0.2) is 24.3 Å². The van der Waals surface area contributed by atoms with Gasteiger partial charge in [0.25, 0.3) is 0 Å². The van der Waals surface area contributed by atoms with Gasteiger partial charge in [-0.3, -0.25) is 14.4 Å². The second-order valence-corrected chi connectivity index (χ2v) is 5.06. The van der Waals surface area contributed by atoms with Crippen LogP contribution >= 0.6 is 0 Å². The Labute approximate surface area is 118 Å². The Morgan fingerprint density at radius 2 is 2.10 bits per heavy atom. The molecule has 20 heavy (non-hydrogen) atoms. The van der Waals surface area contributed by atoms with Crippen molar-refractivity contribution in [2.24, 2.45) is 5.92 Å². The summed E-state index contributed by atoms with van der Waals surface area (Å²) < 4.78 is 0. The van der Waals surface area contributed by atoms with E-state index in [9.17, 15) is 9.59 Å². The van der Waals surface area contributed by atoms with Crippen molar-refractivity contribution in [1.29, 1.82) is 0 Å². The molecule has 1 atom stereocenters. The highest BCUT2D eigenvalue weighted by atomic mass is 16.6. The quantitative estimate of drug-likeness (QED) is 0.827. The van der Waals surface area contributed by atoms with Crippen LogP contribution in [0.2, 0.25) is 0 Å². The van der Waals surface area contributed by atoms with Crippen LogP contribution in [0.1, 0.15) is 24.5 Å². The minimum absolute atomic E-state index is 0.0159. The van der Waals surface area contributed by atoms with Gasteiger partial charge in [0.05, 0.1) is 12.5 Å². The number of benzene rings is 1. The lowest BCUT2D eigenvalue weighted by Crippen LogP contribution is -2.32. The third-order valence-electron chi connectivity index (χ3n) is 3.40. The van der Waals surface area contributed by atoms with Crippen LogP contribution in [-0.4, -0.2) is 29.9 Å². The van der Waals surface area contributed by atoms with Crippen molar-refractivity contribution in [2.75, 3.05) is 13.2 Å². The summed E-state index contributed by atoms with van der Waals surface area (Å²) in [6.45, 7) is 5.24. The summed E-state index contributed by atoms with van der Waals surface area (Å²) in [5.41, 5.74) is 4.64. The average molecular weight is 276 g/mol. The summed E-state index contributed by atoms with van der Waals surface area (Å²) in [4.78, 5) is 30.3. The number of hydrogen-bond acceptors (Lipinski definition) is 3. The van der Waals surface area contributed by atoms with Gasteiger partial charge in [0.1, 0.15) is 0 Å². The Bertz CT molecular complexity index is 484. The highest BCUT2D eigenvalue weighted by molar-refractivity contribution is 5.88. The van der Waals surface area contributed by atoms with Gasteiger partial charge >= 0.3 is 0 Å². The third-order valence-corrected chi connectivity index (χ3v) is 3.40. The van der Waals surface area contributed by atoms with E-state index in [-0.39, 0.29) is 24.2 Å². The van der Waals surface area contributed by atoms with E-state index in [1.165, 1.54) is 5.56 Å². The largest absolute Gasteiger partial charge is 0.338 e. The molecule has 0 saturated carbocycles. The van der Waals surface area contributed by atoms with E-state index < -0.39 is 0 Å². The summed E-state index contributed by atoms with van der Waals surface area (Å²) in [5.74, 6) is -0.520. The molecule has 0 bridgehead atoms. The Balaban J connectivity index is 1.92. The van der Waals surface area contributed by atoms with Crippen LogP contribution in [0.4, 0.5) is 0 Å². The van der Waals surface area contributed by atoms with Gasteiger partial charge in [0.2, 0.25) is 11.8 Å². The van der Waals surface area contributed by atoms with Crippen LogP contribution in [-0.2, 0) is 21.0 Å². The molecule has 1 N–H and O–H groups in total. The van der Waals surface area contributed by atoms with Gasteiger partial charge in [-0.25, -0.2) is 5.48 Å². The van der Waals surface area contributed by atoms with E-state index in [0.717, 1.165) is 5.56 Å². The van der Waals surface area contributed by atoms with Gasteiger partial charge in [-0.1, -0.05) is 29.8 Å². The van der Waals surface area contributed by atoms with E-state index in [0.29, 0.717) is 19.7 Å². The zero-order valence-electron chi connectivity index (χ0n) is 11.9. The SMILES string of the molecule is CCONC(=O)C1CC(=O)N(Cc2ccc(C)cc2)C1. The predicted octanol–water partition coefficient (Wildman–Crippen LogP) is 1.41. The number of amides is 2. The zero-order chi connectivity index (χ0) is 14.5. The molecule has 0 aliphatic carbocycles. The lowest BCUT2D eigenvalue weighted by Gasteiger charge is -2.16. The molecule has 1 unspecified atom stereocenters. The molecule has 2 rings (SSSR count). The maximum Gasteiger partial charge on any atom is 0.248 e. The summed E-state index contributed by atoms with van der Waals surface area (Å²) in [5, 5.41) is 0. The Hall–Kier alpha value is -1.88. The fourth-order valence-corrected chi connectivity index (χ4v) is 2.24. The van der Waals surface area contributed by atoms with Crippen molar-refractivity contribution < 1.29 is 14.4 Å². The van der Waals surface area contributed by atoms with Gasteiger partial charge in [0.15, 0.2) is 0 Å². The third kappa shape index (κ3) is 3.57. The molecular weight excluding hydrogens is 256 g/mol. The number of hydroxylamine groups is 1. The number of aryl methyl sites for hydroxylation is 1. The molecule has 0 spiro atoms. The molecule has 1 heterocycles. The van der Waals surface area contributed by atoms with Crippen LogP contribution in [0, 0.1) is 12.8 Å². The van der Waals surface area contributed by atoms with E-state index in [1.807, 2.05) is 31.2 Å². The predicted molar refractivity (Wildman–Crippen MR) is 74.5 cm³/mol. The van der Waals surface area contributed by atoms with E-state index >= 15 is 0 Å². The maximum atomic E-state index is 11.9. The summed E-state index contributed by atoms with van der Waals surface area (Å²) in [6.07, 6.45) is 0.255. The van der Waals surface area contributed by atoms with Crippen LogP contribution in [0.5, 0.6) is 0 Å². The van der Waals surface area contributed by atoms with Crippen molar-refractivity contribution >= 4 is 11.8 Å². The topological polar surface area (TPSA) is 58.6 Å². The molecule has 1 aliphatic heterocycles. The van der Waals surface area contributed by atoms with Gasteiger partial charge in [0, 0.05) is 19.5 Å². The molecule has 1 aromatic carbocycles. The molecule has 108 valence electrons. The van der Waals surface area contributed by atoms with Crippen molar-refractivity contribution in [3.05, 3.63) is 35.4 Å². The number of hydrogen-bond donors (Lipinski definition) is 1. The number of rotatable bonds is 5. The fraction of sp³-hybridized carbons (Fsp3) is 0.467. The number of carbonyl (C=O) groups excluding carboxylic acids is 2. The minimum atomic E-state index is -0.320. The normalized spacial score (nSPS) is 18.4. The number of carbonyl (C=O) groups is 2. The van der Waals surface area contributed by atoms with Gasteiger partial charge < -0.3 is 4.90 Å². The highest BCUT2D eigenvalue weighted by Crippen LogP contribution is 2.20. The summed E-state index contributed by atoms with van der Waals surface area (Å²) in [6, 6.07) is 8.07. The molecule has 1 fully saturated rings. The molecule has 0 aromatic heterocycles. The first-order valence-electron chi connectivity index (χ1n) is 6.85. The smallest absolute Gasteiger partial charge is 0.248 e. The van der Waals surface area contributed by atoms with Gasteiger partial charge in [-0.05, 0) is 19.4 Å². The second-order valence-electron chi connectivity index (χ2n) is 5.06. The van der Waals surface area contributed by atoms with Crippen molar-refractivity contribution in [3.8, 4) is 0 Å². The second kappa shape index (κ2) is 6.52. The van der Waals surface area contributed by atoms with Crippen molar-refractivity contribution in [3.63, 3.8) is 0 Å². The first kappa shape index (κ1) is 14.5. The highest BCUT2D eigenvalue weighted by Gasteiger charge is 2.34.